The molecule has 6 heteroatoms. The summed E-state index contributed by atoms with van der Waals surface area (Å²) in [5, 5.41) is 16.4. The SMILES string of the molecule is O=C1NC(=O)C(c2c3n(c4ccccc24)C[C@@H](CO)C3)C1Nc1ccccc1. The number of benzene rings is 2. The first-order valence-electron chi connectivity index (χ1n) is 9.54. The number of aromatic nitrogens is 1. The predicted molar refractivity (Wildman–Crippen MR) is 106 cm³/mol. The van der Waals surface area contributed by atoms with Crippen molar-refractivity contribution in [3.63, 3.8) is 0 Å². The van der Waals surface area contributed by atoms with Gasteiger partial charge in [0.25, 0.3) is 0 Å². The Morgan fingerprint density at radius 2 is 1.79 bits per heavy atom. The van der Waals surface area contributed by atoms with Crippen LogP contribution < -0.4 is 10.6 Å². The largest absolute Gasteiger partial charge is 0.396 e. The fourth-order valence-electron chi connectivity index (χ4n) is 4.62. The Balaban J connectivity index is 1.64. The maximum Gasteiger partial charge on any atom is 0.250 e. The van der Waals surface area contributed by atoms with Crippen LogP contribution in [0.25, 0.3) is 10.9 Å². The summed E-state index contributed by atoms with van der Waals surface area (Å²) in [5.41, 5.74) is 3.81. The summed E-state index contributed by atoms with van der Waals surface area (Å²) in [6.07, 6.45) is 0.705. The molecule has 2 amide bonds. The summed E-state index contributed by atoms with van der Waals surface area (Å²) in [5.74, 6) is -1.05. The van der Waals surface area contributed by atoms with Gasteiger partial charge >= 0.3 is 0 Å². The molecule has 3 N–H and O–H groups in total. The molecule has 3 atom stereocenters. The zero-order valence-corrected chi connectivity index (χ0v) is 15.3. The monoisotopic (exact) mass is 375 g/mol. The lowest BCUT2D eigenvalue weighted by atomic mass is 9.88. The summed E-state index contributed by atoms with van der Waals surface area (Å²) in [4.78, 5) is 25.5. The lowest BCUT2D eigenvalue weighted by Crippen LogP contribution is -2.32. The van der Waals surface area contributed by atoms with Gasteiger partial charge in [0.05, 0.1) is 5.92 Å². The molecule has 2 aliphatic rings. The second kappa shape index (κ2) is 6.49. The first-order chi connectivity index (χ1) is 13.7. The highest BCUT2D eigenvalue weighted by atomic mass is 16.3. The molecule has 0 aliphatic carbocycles. The summed E-state index contributed by atoms with van der Waals surface area (Å²) in [6.45, 7) is 0.836. The van der Waals surface area contributed by atoms with Gasteiger partial charge in [0.15, 0.2) is 0 Å². The minimum atomic E-state index is -0.668. The summed E-state index contributed by atoms with van der Waals surface area (Å²) < 4.78 is 2.20. The van der Waals surface area contributed by atoms with E-state index in [0.29, 0.717) is 6.42 Å². The number of carbonyl (C=O) groups excluding carboxylic acids is 2. The van der Waals surface area contributed by atoms with E-state index in [4.69, 9.17) is 0 Å². The molecule has 2 aliphatic heterocycles. The van der Waals surface area contributed by atoms with E-state index in [-0.39, 0.29) is 24.3 Å². The number of hydrogen-bond acceptors (Lipinski definition) is 4. The second-order valence-corrected chi connectivity index (χ2v) is 7.56. The lowest BCUT2D eigenvalue weighted by molar-refractivity contribution is -0.125. The van der Waals surface area contributed by atoms with Gasteiger partial charge in [-0.3, -0.25) is 14.9 Å². The normalized spacial score (nSPS) is 23.8. The molecule has 3 heterocycles. The molecule has 3 aromatic rings. The number of rotatable bonds is 4. The van der Waals surface area contributed by atoms with Crippen LogP contribution >= 0.6 is 0 Å². The molecule has 28 heavy (non-hydrogen) atoms. The fraction of sp³-hybridized carbons (Fsp3) is 0.273. The highest BCUT2D eigenvalue weighted by Crippen LogP contribution is 2.41. The third-order valence-electron chi connectivity index (χ3n) is 5.85. The maximum atomic E-state index is 12.8. The number of aliphatic hydroxyl groups is 1. The second-order valence-electron chi connectivity index (χ2n) is 7.56. The van der Waals surface area contributed by atoms with Gasteiger partial charge in [-0.05, 0) is 30.2 Å². The fourth-order valence-corrected chi connectivity index (χ4v) is 4.62. The first-order valence-corrected chi connectivity index (χ1v) is 9.54. The number of para-hydroxylation sites is 2. The molecular formula is C22H21N3O3. The molecule has 0 radical (unpaired) electrons. The van der Waals surface area contributed by atoms with Crippen molar-refractivity contribution in [3.05, 3.63) is 65.9 Å². The summed E-state index contributed by atoms with van der Waals surface area (Å²) >= 11 is 0. The van der Waals surface area contributed by atoms with Crippen molar-refractivity contribution in [1.82, 2.24) is 9.88 Å². The molecule has 0 spiro atoms. The topological polar surface area (TPSA) is 83.4 Å². The van der Waals surface area contributed by atoms with Crippen LogP contribution in [-0.2, 0) is 22.6 Å². The van der Waals surface area contributed by atoms with Crippen LogP contribution in [-0.4, -0.2) is 34.1 Å². The highest BCUT2D eigenvalue weighted by Gasteiger charge is 2.46. The Kier molecular flexibility index (Phi) is 3.94. The van der Waals surface area contributed by atoms with E-state index in [1.807, 2.05) is 54.6 Å². The molecule has 6 nitrogen and oxygen atoms in total. The molecular weight excluding hydrogens is 354 g/mol. The zero-order chi connectivity index (χ0) is 19.3. The standard InChI is InChI=1S/C22H21N3O3/c26-12-13-10-17-18(15-8-4-5-9-16(15)25(17)11-13)19-20(22(28)24-21(19)27)23-14-6-2-1-3-7-14/h1-9,13,19-20,23,26H,10-12H2,(H,24,27,28)/t13-,19?,20?/m0/s1. The average Bonchev–Trinajstić information content (AvgIpc) is 3.34. The number of nitrogens with one attached hydrogen (secondary N) is 2. The van der Waals surface area contributed by atoms with Crippen molar-refractivity contribution >= 4 is 28.4 Å². The van der Waals surface area contributed by atoms with Crippen LogP contribution in [0, 0.1) is 5.92 Å². The lowest BCUT2D eigenvalue weighted by Gasteiger charge is -2.19. The number of anilines is 1. The Bertz CT molecular complexity index is 1070. The Morgan fingerprint density at radius 3 is 2.57 bits per heavy atom. The van der Waals surface area contributed by atoms with Crippen LogP contribution in [0.1, 0.15) is 17.2 Å². The smallest absolute Gasteiger partial charge is 0.250 e. The van der Waals surface area contributed by atoms with Gasteiger partial charge in [-0.2, -0.15) is 0 Å². The van der Waals surface area contributed by atoms with Crippen LogP contribution in [0.5, 0.6) is 0 Å². The van der Waals surface area contributed by atoms with Gasteiger partial charge in [-0.25, -0.2) is 0 Å². The van der Waals surface area contributed by atoms with Crippen molar-refractivity contribution in [3.8, 4) is 0 Å². The zero-order valence-electron chi connectivity index (χ0n) is 15.3. The molecule has 5 rings (SSSR count). The third-order valence-corrected chi connectivity index (χ3v) is 5.85. The quantitative estimate of drug-likeness (QED) is 0.610. The van der Waals surface area contributed by atoms with E-state index < -0.39 is 12.0 Å². The van der Waals surface area contributed by atoms with Gasteiger partial charge in [0.2, 0.25) is 11.8 Å². The van der Waals surface area contributed by atoms with Crippen LogP contribution in [0.2, 0.25) is 0 Å². The van der Waals surface area contributed by atoms with Crippen molar-refractivity contribution in [1.29, 1.82) is 0 Å². The average molecular weight is 375 g/mol. The van der Waals surface area contributed by atoms with Crippen LogP contribution in [0.4, 0.5) is 5.69 Å². The number of carbonyl (C=O) groups is 2. The number of imide groups is 1. The van der Waals surface area contributed by atoms with Crippen molar-refractivity contribution in [2.24, 2.45) is 5.92 Å². The Labute approximate surface area is 162 Å². The maximum absolute atomic E-state index is 12.8. The molecule has 1 fully saturated rings. The van der Waals surface area contributed by atoms with Crippen molar-refractivity contribution in [2.45, 2.75) is 24.9 Å². The van der Waals surface area contributed by atoms with Gasteiger partial charge in [-0.15, -0.1) is 0 Å². The van der Waals surface area contributed by atoms with Gasteiger partial charge < -0.3 is 15.0 Å². The number of amides is 2. The van der Waals surface area contributed by atoms with Crippen molar-refractivity contribution in [2.75, 3.05) is 11.9 Å². The molecule has 2 unspecified atom stereocenters. The summed E-state index contributed by atoms with van der Waals surface area (Å²) in [6, 6.07) is 16.8. The molecule has 0 bridgehead atoms. The van der Waals surface area contributed by atoms with Crippen LogP contribution in [0.15, 0.2) is 54.6 Å². The number of hydrogen-bond donors (Lipinski definition) is 3. The number of nitrogens with zero attached hydrogens (tertiary/aromatic N) is 1. The minimum absolute atomic E-state index is 0.108. The van der Waals surface area contributed by atoms with E-state index in [2.05, 4.69) is 15.2 Å². The van der Waals surface area contributed by atoms with E-state index in [1.165, 1.54) is 0 Å². The number of fused-ring (bicyclic) bond motifs is 3. The van der Waals surface area contributed by atoms with E-state index >= 15 is 0 Å². The number of aliphatic hydroxyl groups excluding tert-OH is 1. The van der Waals surface area contributed by atoms with Gasteiger partial charge in [-0.1, -0.05) is 36.4 Å². The van der Waals surface area contributed by atoms with Crippen molar-refractivity contribution < 1.29 is 14.7 Å². The Morgan fingerprint density at radius 1 is 1.04 bits per heavy atom. The molecule has 2 aromatic carbocycles. The van der Waals surface area contributed by atoms with E-state index in [9.17, 15) is 14.7 Å². The van der Waals surface area contributed by atoms with Gasteiger partial charge in [0, 0.05) is 41.4 Å². The molecule has 0 saturated carbocycles. The first kappa shape index (κ1) is 17.0. The van der Waals surface area contributed by atoms with E-state index in [1.54, 1.807) is 0 Å². The highest BCUT2D eigenvalue weighted by molar-refractivity contribution is 6.12. The van der Waals surface area contributed by atoms with E-state index in [0.717, 1.165) is 34.4 Å². The van der Waals surface area contributed by atoms with Crippen LogP contribution in [0.3, 0.4) is 0 Å². The minimum Gasteiger partial charge on any atom is -0.396 e. The molecule has 1 aromatic heterocycles. The molecule has 1 saturated heterocycles. The Hall–Kier alpha value is -3.12. The third kappa shape index (κ3) is 2.52. The summed E-state index contributed by atoms with van der Waals surface area (Å²) in [7, 11) is 0. The van der Waals surface area contributed by atoms with Gasteiger partial charge in [0.1, 0.15) is 6.04 Å². The molecule has 142 valence electrons. The predicted octanol–water partition coefficient (Wildman–Crippen LogP) is 2.03.